The summed E-state index contributed by atoms with van der Waals surface area (Å²) < 4.78 is 5.82. The fraction of sp³-hybridized carbons (Fsp3) is 0.455. The number of hydrogen-bond donors (Lipinski definition) is 0. The Morgan fingerprint density at radius 2 is 1.79 bits per heavy atom. The van der Waals surface area contributed by atoms with Crippen LogP contribution in [0.15, 0.2) is 30.3 Å². The van der Waals surface area contributed by atoms with Crippen molar-refractivity contribution in [3.8, 4) is 0 Å². The first-order valence-corrected chi connectivity index (χ1v) is 10.4. The van der Waals surface area contributed by atoms with Crippen molar-refractivity contribution >= 4 is 23.0 Å². The Labute approximate surface area is 90.4 Å². The van der Waals surface area contributed by atoms with E-state index in [1.54, 1.807) is 5.19 Å². The van der Waals surface area contributed by atoms with Gasteiger partial charge in [-0.1, -0.05) is 35.5 Å². The van der Waals surface area contributed by atoms with Gasteiger partial charge in [0, 0.05) is 6.61 Å². The molecular weight excluding hydrogens is 204 g/mol. The maximum atomic E-state index is 5.82. The van der Waals surface area contributed by atoms with Crippen LogP contribution in [0.2, 0.25) is 25.7 Å². The minimum Gasteiger partial charge on any atom is -0.418 e. The molecule has 78 valence electrons. The molecular formula is C11H20OSi2. The third kappa shape index (κ3) is 5.37. The second-order valence-corrected chi connectivity index (χ2v) is 11.1. The molecule has 1 rings (SSSR count). The van der Waals surface area contributed by atoms with Crippen molar-refractivity contribution in [3.63, 3.8) is 0 Å². The fourth-order valence-electron chi connectivity index (χ4n) is 1.30. The summed E-state index contributed by atoms with van der Waals surface area (Å²) in [7, 11) is -1.36. The van der Waals surface area contributed by atoms with Crippen LogP contribution in [-0.2, 0) is 4.43 Å². The van der Waals surface area contributed by atoms with E-state index in [0.717, 1.165) is 6.61 Å². The predicted octanol–water partition coefficient (Wildman–Crippen LogP) is 1.75. The molecule has 3 heteroatoms. The van der Waals surface area contributed by atoms with Crippen LogP contribution in [0.3, 0.4) is 0 Å². The van der Waals surface area contributed by atoms with Crippen molar-refractivity contribution in [1.29, 1.82) is 0 Å². The highest BCUT2D eigenvalue weighted by atomic mass is 28.4. The molecule has 0 spiro atoms. The van der Waals surface area contributed by atoms with Gasteiger partial charge in [-0.05, 0) is 25.7 Å². The smallest absolute Gasteiger partial charge is 0.183 e. The Balaban J connectivity index is 2.17. The van der Waals surface area contributed by atoms with Gasteiger partial charge in [-0.2, -0.15) is 0 Å². The van der Waals surface area contributed by atoms with E-state index in [1.165, 1.54) is 6.04 Å². The molecule has 0 radical (unpaired) electrons. The zero-order chi connectivity index (χ0) is 10.4. The van der Waals surface area contributed by atoms with Crippen LogP contribution in [0, 0.1) is 0 Å². The van der Waals surface area contributed by atoms with Gasteiger partial charge in [0.15, 0.2) is 8.32 Å². The molecule has 0 saturated carbocycles. The van der Waals surface area contributed by atoms with E-state index >= 15 is 0 Å². The number of hydrogen-bond acceptors (Lipinski definition) is 1. The normalized spacial score (nSPS) is 12.5. The molecule has 0 aliphatic rings. The first-order valence-electron chi connectivity index (χ1n) is 5.26. The SMILES string of the molecule is C[Si](C)(C)OCC[SiH2]c1ccccc1. The second-order valence-electron chi connectivity index (χ2n) is 4.55. The van der Waals surface area contributed by atoms with Crippen LogP contribution in [0.1, 0.15) is 0 Å². The monoisotopic (exact) mass is 224 g/mol. The first-order chi connectivity index (χ1) is 6.58. The maximum absolute atomic E-state index is 5.82. The summed E-state index contributed by atoms with van der Waals surface area (Å²) >= 11 is 0. The molecule has 0 aromatic heterocycles. The third-order valence-electron chi connectivity index (χ3n) is 1.99. The van der Waals surface area contributed by atoms with Crippen molar-refractivity contribution < 1.29 is 4.43 Å². The first kappa shape index (κ1) is 11.7. The Kier molecular flexibility index (Phi) is 4.58. The number of benzene rings is 1. The third-order valence-corrected chi connectivity index (χ3v) is 4.75. The standard InChI is InChI=1S/C11H20OSi2/c1-14(2,3)12-9-10-13-11-7-5-4-6-8-11/h4-8H,9-10,13H2,1-3H3. The molecule has 0 saturated heterocycles. The molecule has 0 fully saturated rings. The van der Waals surface area contributed by atoms with E-state index in [2.05, 4.69) is 50.0 Å². The van der Waals surface area contributed by atoms with Crippen molar-refractivity contribution in [3.05, 3.63) is 30.3 Å². The van der Waals surface area contributed by atoms with E-state index in [9.17, 15) is 0 Å². The Morgan fingerprint density at radius 3 is 2.36 bits per heavy atom. The highest BCUT2D eigenvalue weighted by Crippen LogP contribution is 2.02. The predicted molar refractivity (Wildman–Crippen MR) is 68.7 cm³/mol. The summed E-state index contributed by atoms with van der Waals surface area (Å²) in [6.07, 6.45) is 0. The summed E-state index contributed by atoms with van der Waals surface area (Å²) in [6, 6.07) is 12.1. The van der Waals surface area contributed by atoms with Crippen LogP contribution in [0.4, 0.5) is 0 Å². The highest BCUT2D eigenvalue weighted by Gasteiger charge is 2.12. The van der Waals surface area contributed by atoms with Gasteiger partial charge < -0.3 is 4.43 Å². The average Bonchev–Trinajstić information content (AvgIpc) is 2.13. The quantitative estimate of drug-likeness (QED) is 0.547. The largest absolute Gasteiger partial charge is 0.418 e. The van der Waals surface area contributed by atoms with Crippen molar-refractivity contribution in [1.82, 2.24) is 0 Å². The van der Waals surface area contributed by atoms with E-state index in [0.29, 0.717) is 0 Å². The van der Waals surface area contributed by atoms with Crippen LogP contribution in [-0.4, -0.2) is 24.4 Å². The summed E-state index contributed by atoms with van der Waals surface area (Å²) in [5.74, 6) is 0. The minimum absolute atomic E-state index is 0.0831. The van der Waals surface area contributed by atoms with Crippen LogP contribution in [0.5, 0.6) is 0 Å². The molecule has 0 heterocycles. The lowest BCUT2D eigenvalue weighted by Crippen LogP contribution is -2.27. The molecule has 1 aromatic carbocycles. The molecule has 14 heavy (non-hydrogen) atoms. The number of rotatable bonds is 5. The summed E-state index contributed by atoms with van der Waals surface area (Å²) in [6.45, 7) is 7.71. The minimum atomic E-state index is -1.27. The van der Waals surface area contributed by atoms with Crippen LogP contribution in [0.25, 0.3) is 0 Å². The van der Waals surface area contributed by atoms with Crippen LogP contribution < -0.4 is 5.19 Å². The van der Waals surface area contributed by atoms with Crippen LogP contribution >= 0.6 is 0 Å². The van der Waals surface area contributed by atoms with Crippen molar-refractivity contribution in [2.24, 2.45) is 0 Å². The Morgan fingerprint density at radius 1 is 1.14 bits per heavy atom. The van der Waals surface area contributed by atoms with Gasteiger partial charge in [-0.25, -0.2) is 0 Å². The lowest BCUT2D eigenvalue weighted by atomic mass is 10.4. The average molecular weight is 224 g/mol. The van der Waals surface area contributed by atoms with Crippen molar-refractivity contribution in [2.45, 2.75) is 25.7 Å². The molecule has 0 amide bonds. The van der Waals surface area contributed by atoms with E-state index in [-0.39, 0.29) is 9.52 Å². The maximum Gasteiger partial charge on any atom is 0.183 e. The van der Waals surface area contributed by atoms with E-state index in [1.807, 2.05) is 0 Å². The van der Waals surface area contributed by atoms with Gasteiger partial charge in [0.05, 0.1) is 9.52 Å². The summed E-state index contributed by atoms with van der Waals surface area (Å²) in [5, 5.41) is 1.55. The Bertz CT molecular complexity index is 254. The van der Waals surface area contributed by atoms with E-state index in [4.69, 9.17) is 4.43 Å². The Hall–Kier alpha value is -0.386. The fourth-order valence-corrected chi connectivity index (χ4v) is 3.65. The summed E-state index contributed by atoms with van der Waals surface area (Å²) in [4.78, 5) is 0. The van der Waals surface area contributed by atoms with Gasteiger partial charge in [0.25, 0.3) is 0 Å². The van der Waals surface area contributed by atoms with E-state index < -0.39 is 8.32 Å². The van der Waals surface area contributed by atoms with Gasteiger partial charge in [0.2, 0.25) is 0 Å². The molecule has 0 bridgehead atoms. The zero-order valence-electron chi connectivity index (χ0n) is 9.42. The molecule has 0 N–H and O–H groups in total. The molecule has 1 aromatic rings. The van der Waals surface area contributed by atoms with Crippen molar-refractivity contribution in [2.75, 3.05) is 6.61 Å². The highest BCUT2D eigenvalue weighted by molar-refractivity contribution is 6.69. The van der Waals surface area contributed by atoms with Gasteiger partial charge >= 0.3 is 0 Å². The topological polar surface area (TPSA) is 9.23 Å². The molecule has 0 atom stereocenters. The van der Waals surface area contributed by atoms with Gasteiger partial charge in [0.1, 0.15) is 0 Å². The molecule has 0 unspecified atom stereocenters. The molecule has 1 nitrogen and oxygen atoms in total. The van der Waals surface area contributed by atoms with Gasteiger partial charge in [-0.3, -0.25) is 0 Å². The lowest BCUT2D eigenvalue weighted by molar-refractivity contribution is 0.334. The zero-order valence-corrected chi connectivity index (χ0v) is 11.8. The lowest BCUT2D eigenvalue weighted by Gasteiger charge is -2.16. The summed E-state index contributed by atoms with van der Waals surface area (Å²) in [5.41, 5.74) is 0. The molecule has 0 aliphatic heterocycles. The van der Waals surface area contributed by atoms with Gasteiger partial charge in [-0.15, -0.1) is 0 Å². The molecule has 0 aliphatic carbocycles. The second kappa shape index (κ2) is 5.48.